The van der Waals surface area contributed by atoms with Gasteiger partial charge in [-0.15, -0.1) is 0 Å². The van der Waals surface area contributed by atoms with E-state index in [1.54, 1.807) is 12.4 Å². The lowest BCUT2D eigenvalue weighted by atomic mass is 10.1. The molecule has 1 aromatic heterocycles. The third-order valence-electron chi connectivity index (χ3n) is 3.82. The summed E-state index contributed by atoms with van der Waals surface area (Å²) in [7, 11) is 2.10. The standard InChI is InChI=1S/C16H16N3/c1-3-13-14-6-4-5-7-15(14)19(2,16(13)17)12-8-10-18-11-9-12/h3-11H,1,17H2,2H3/q+1. The van der Waals surface area contributed by atoms with Crippen LogP contribution in [0.3, 0.4) is 0 Å². The normalized spacial score (nSPS) is 21.3. The van der Waals surface area contributed by atoms with Crippen LogP contribution in [0.2, 0.25) is 0 Å². The van der Waals surface area contributed by atoms with Crippen molar-refractivity contribution in [2.75, 3.05) is 7.05 Å². The van der Waals surface area contributed by atoms with Crippen molar-refractivity contribution in [3.8, 4) is 0 Å². The molecule has 0 saturated heterocycles. The quantitative estimate of drug-likeness (QED) is 0.831. The van der Waals surface area contributed by atoms with Crippen LogP contribution in [0.1, 0.15) is 5.56 Å². The summed E-state index contributed by atoms with van der Waals surface area (Å²) in [5, 5.41) is 0. The molecule has 1 unspecified atom stereocenters. The number of quaternary nitrogens is 1. The summed E-state index contributed by atoms with van der Waals surface area (Å²) in [6.45, 7) is 3.89. The monoisotopic (exact) mass is 250 g/mol. The lowest BCUT2D eigenvalue weighted by Gasteiger charge is -2.29. The third-order valence-corrected chi connectivity index (χ3v) is 3.82. The van der Waals surface area contributed by atoms with Crippen molar-refractivity contribution in [1.82, 2.24) is 9.47 Å². The number of rotatable bonds is 2. The molecule has 1 atom stereocenters. The summed E-state index contributed by atoms with van der Waals surface area (Å²) in [6, 6.07) is 12.3. The second-order valence-corrected chi connectivity index (χ2v) is 4.73. The molecule has 2 heterocycles. The number of hydrogen-bond acceptors (Lipinski definition) is 2. The molecule has 3 nitrogen and oxygen atoms in total. The van der Waals surface area contributed by atoms with Gasteiger partial charge in [0.15, 0.2) is 5.69 Å². The van der Waals surface area contributed by atoms with Crippen LogP contribution >= 0.6 is 0 Å². The van der Waals surface area contributed by atoms with Crippen molar-refractivity contribution < 1.29 is 0 Å². The largest absolute Gasteiger partial charge is 0.354 e. The van der Waals surface area contributed by atoms with Gasteiger partial charge in [0.05, 0.1) is 18.2 Å². The zero-order chi connectivity index (χ0) is 13.5. The molecule has 0 saturated carbocycles. The van der Waals surface area contributed by atoms with Gasteiger partial charge >= 0.3 is 0 Å². The van der Waals surface area contributed by atoms with Crippen LogP contribution in [-0.4, -0.2) is 12.0 Å². The Labute approximate surface area is 112 Å². The second-order valence-electron chi connectivity index (χ2n) is 4.73. The molecule has 1 aromatic carbocycles. The van der Waals surface area contributed by atoms with Crippen molar-refractivity contribution in [2.45, 2.75) is 0 Å². The summed E-state index contributed by atoms with van der Waals surface area (Å²) >= 11 is 0. The van der Waals surface area contributed by atoms with Gasteiger partial charge < -0.3 is 5.73 Å². The number of para-hydroxylation sites is 1. The molecule has 0 radical (unpaired) electrons. The molecular formula is C16H16N3+. The molecule has 94 valence electrons. The van der Waals surface area contributed by atoms with Gasteiger partial charge in [-0.05, 0) is 6.07 Å². The molecule has 3 heteroatoms. The topological polar surface area (TPSA) is 38.9 Å². The number of pyridine rings is 1. The van der Waals surface area contributed by atoms with Crippen LogP contribution in [0.15, 0.2) is 67.3 Å². The fraction of sp³-hybridized carbons (Fsp3) is 0.0625. The summed E-state index contributed by atoms with van der Waals surface area (Å²) in [5.41, 5.74) is 10.8. The molecule has 2 aromatic rings. The van der Waals surface area contributed by atoms with Gasteiger partial charge in [-0.2, -0.15) is 0 Å². The summed E-state index contributed by atoms with van der Waals surface area (Å²) in [6.07, 6.45) is 5.42. The Kier molecular flexibility index (Phi) is 2.50. The average molecular weight is 250 g/mol. The molecule has 1 aliphatic heterocycles. The van der Waals surface area contributed by atoms with Crippen molar-refractivity contribution in [3.05, 3.63) is 72.8 Å². The highest BCUT2D eigenvalue weighted by Gasteiger charge is 2.42. The van der Waals surface area contributed by atoms with Gasteiger partial charge in [0.2, 0.25) is 5.82 Å². The molecule has 0 fully saturated rings. The first-order chi connectivity index (χ1) is 9.19. The SMILES string of the molecule is C=CC1=C(N)[N+](C)(c2ccncc2)c2ccccc21. The van der Waals surface area contributed by atoms with Gasteiger partial charge in [0, 0.05) is 30.6 Å². The molecular weight excluding hydrogens is 234 g/mol. The van der Waals surface area contributed by atoms with Crippen LogP contribution in [0.5, 0.6) is 0 Å². The molecule has 1 aliphatic rings. The zero-order valence-electron chi connectivity index (χ0n) is 10.9. The Morgan fingerprint density at radius 3 is 2.53 bits per heavy atom. The summed E-state index contributed by atoms with van der Waals surface area (Å²) in [5.74, 6) is 0.794. The lowest BCUT2D eigenvalue weighted by molar-refractivity contribution is 0.567. The van der Waals surface area contributed by atoms with E-state index >= 15 is 0 Å². The van der Waals surface area contributed by atoms with Crippen LogP contribution < -0.4 is 10.2 Å². The van der Waals surface area contributed by atoms with E-state index in [2.05, 4.69) is 30.7 Å². The Morgan fingerprint density at radius 2 is 1.84 bits per heavy atom. The maximum Gasteiger partial charge on any atom is 0.217 e. The molecule has 0 bridgehead atoms. The van der Waals surface area contributed by atoms with E-state index in [0.717, 1.165) is 22.6 Å². The number of fused-ring (bicyclic) bond motifs is 1. The third kappa shape index (κ3) is 1.45. The molecule has 0 amide bonds. The van der Waals surface area contributed by atoms with E-state index in [1.165, 1.54) is 5.69 Å². The summed E-state index contributed by atoms with van der Waals surface area (Å²) in [4.78, 5) is 4.08. The first-order valence-corrected chi connectivity index (χ1v) is 6.19. The Bertz CT molecular complexity index is 673. The minimum absolute atomic E-state index is 0.472. The second kappa shape index (κ2) is 4.07. The highest BCUT2D eigenvalue weighted by atomic mass is 15.4. The Hall–Kier alpha value is -2.39. The lowest BCUT2D eigenvalue weighted by Crippen LogP contribution is -2.40. The van der Waals surface area contributed by atoms with E-state index in [1.807, 2.05) is 30.3 Å². The van der Waals surface area contributed by atoms with Gasteiger partial charge in [0.1, 0.15) is 5.69 Å². The van der Waals surface area contributed by atoms with Crippen molar-refractivity contribution in [2.24, 2.45) is 5.73 Å². The molecule has 3 rings (SSSR count). The average Bonchev–Trinajstić information content (AvgIpc) is 2.70. The fourth-order valence-electron chi connectivity index (χ4n) is 2.73. The molecule has 2 N–H and O–H groups in total. The minimum Gasteiger partial charge on any atom is -0.354 e. The van der Waals surface area contributed by atoms with Crippen LogP contribution in [0.4, 0.5) is 11.4 Å². The van der Waals surface area contributed by atoms with Crippen LogP contribution in [-0.2, 0) is 0 Å². The number of aromatic nitrogens is 1. The minimum atomic E-state index is 0.472. The number of allylic oxidation sites excluding steroid dienone is 2. The van der Waals surface area contributed by atoms with Gasteiger partial charge in [-0.25, -0.2) is 4.48 Å². The highest BCUT2D eigenvalue weighted by Crippen LogP contribution is 2.47. The summed E-state index contributed by atoms with van der Waals surface area (Å²) < 4.78 is 0.472. The molecule has 0 aliphatic carbocycles. The molecule has 19 heavy (non-hydrogen) atoms. The van der Waals surface area contributed by atoms with E-state index in [4.69, 9.17) is 5.73 Å². The van der Waals surface area contributed by atoms with Crippen LogP contribution in [0.25, 0.3) is 5.57 Å². The Morgan fingerprint density at radius 1 is 1.16 bits per heavy atom. The van der Waals surface area contributed by atoms with Gasteiger partial charge in [-0.1, -0.05) is 24.8 Å². The van der Waals surface area contributed by atoms with E-state index in [-0.39, 0.29) is 0 Å². The highest BCUT2D eigenvalue weighted by molar-refractivity contribution is 5.92. The van der Waals surface area contributed by atoms with Crippen molar-refractivity contribution in [3.63, 3.8) is 0 Å². The fourth-order valence-corrected chi connectivity index (χ4v) is 2.73. The van der Waals surface area contributed by atoms with Gasteiger partial charge in [0.25, 0.3) is 0 Å². The first-order valence-electron chi connectivity index (χ1n) is 6.19. The van der Waals surface area contributed by atoms with E-state index < -0.39 is 0 Å². The first kappa shape index (κ1) is 11.7. The zero-order valence-corrected chi connectivity index (χ0v) is 10.9. The van der Waals surface area contributed by atoms with Crippen LogP contribution in [0, 0.1) is 0 Å². The Balaban J connectivity index is 2.33. The maximum absolute atomic E-state index is 6.41. The number of nitrogens with two attached hydrogens (primary N) is 1. The predicted octanol–water partition coefficient (Wildman–Crippen LogP) is 3.18. The number of benzene rings is 1. The van der Waals surface area contributed by atoms with E-state index in [9.17, 15) is 0 Å². The van der Waals surface area contributed by atoms with Crippen molar-refractivity contribution >= 4 is 16.9 Å². The maximum atomic E-state index is 6.41. The predicted molar refractivity (Wildman–Crippen MR) is 79.4 cm³/mol. The number of nitrogens with zero attached hydrogens (tertiary/aromatic N) is 2. The van der Waals surface area contributed by atoms with Gasteiger partial charge in [-0.3, -0.25) is 4.98 Å². The van der Waals surface area contributed by atoms with E-state index in [0.29, 0.717) is 4.48 Å². The molecule has 0 spiro atoms. The van der Waals surface area contributed by atoms with Crippen molar-refractivity contribution in [1.29, 1.82) is 0 Å². The number of hydrogen-bond donors (Lipinski definition) is 1. The smallest absolute Gasteiger partial charge is 0.217 e.